The largest absolute Gasteiger partial charge is 0.345 e. The van der Waals surface area contributed by atoms with Gasteiger partial charge >= 0.3 is 0 Å². The van der Waals surface area contributed by atoms with Crippen molar-refractivity contribution >= 4 is 5.91 Å². The Morgan fingerprint density at radius 3 is 2.71 bits per heavy atom. The number of rotatable bonds is 3. The van der Waals surface area contributed by atoms with Crippen LogP contribution in [0.15, 0.2) is 6.33 Å². The molecule has 1 aromatic rings. The Bertz CT molecular complexity index is 319. The molecule has 2 atom stereocenters. The van der Waals surface area contributed by atoms with Crippen LogP contribution in [-0.2, 0) is 11.8 Å². The standard InChI is InChI=1S/C8H15N5O/c1-5(9)8(14)11-6(2)7-12-10-4-13(7)3/h4-6H,9H2,1-3H3,(H,11,14)/t5-,6?/m1/s1. The highest BCUT2D eigenvalue weighted by Gasteiger charge is 2.15. The van der Waals surface area contributed by atoms with Crippen LogP contribution in [0.3, 0.4) is 0 Å². The number of aryl methyl sites for hydroxylation is 1. The van der Waals surface area contributed by atoms with E-state index >= 15 is 0 Å². The van der Waals surface area contributed by atoms with Gasteiger partial charge < -0.3 is 15.6 Å². The number of nitrogens with one attached hydrogen (secondary N) is 1. The summed E-state index contributed by atoms with van der Waals surface area (Å²) in [6.07, 6.45) is 1.59. The van der Waals surface area contributed by atoms with Crippen LogP contribution < -0.4 is 11.1 Å². The zero-order valence-electron chi connectivity index (χ0n) is 8.56. The summed E-state index contributed by atoms with van der Waals surface area (Å²) in [6, 6.07) is -0.688. The summed E-state index contributed by atoms with van der Waals surface area (Å²) in [5.41, 5.74) is 5.42. The third-order valence-electron chi connectivity index (χ3n) is 1.91. The average Bonchev–Trinajstić information content (AvgIpc) is 2.51. The Balaban J connectivity index is 2.64. The first kappa shape index (κ1) is 10.6. The van der Waals surface area contributed by atoms with Crippen LogP contribution in [0.1, 0.15) is 25.7 Å². The molecule has 1 rings (SSSR count). The molecular weight excluding hydrogens is 182 g/mol. The molecule has 0 saturated heterocycles. The fraction of sp³-hybridized carbons (Fsp3) is 0.625. The summed E-state index contributed by atoms with van der Waals surface area (Å²) in [5.74, 6) is 0.513. The highest BCUT2D eigenvalue weighted by atomic mass is 16.2. The zero-order valence-corrected chi connectivity index (χ0v) is 8.56. The van der Waals surface area contributed by atoms with E-state index in [0.717, 1.165) is 0 Å². The number of nitrogens with zero attached hydrogens (tertiary/aromatic N) is 3. The third kappa shape index (κ3) is 2.29. The topological polar surface area (TPSA) is 85.8 Å². The lowest BCUT2D eigenvalue weighted by atomic mass is 10.2. The average molecular weight is 197 g/mol. The van der Waals surface area contributed by atoms with E-state index < -0.39 is 6.04 Å². The number of hydrogen-bond acceptors (Lipinski definition) is 4. The third-order valence-corrected chi connectivity index (χ3v) is 1.91. The predicted molar refractivity (Wildman–Crippen MR) is 51.2 cm³/mol. The molecule has 3 N–H and O–H groups in total. The highest BCUT2D eigenvalue weighted by molar-refractivity contribution is 5.81. The van der Waals surface area contributed by atoms with Crippen molar-refractivity contribution < 1.29 is 4.79 Å². The summed E-state index contributed by atoms with van der Waals surface area (Å²) in [6.45, 7) is 3.48. The molecule has 1 unspecified atom stereocenters. The number of carbonyl (C=O) groups is 1. The number of nitrogens with two attached hydrogens (primary N) is 1. The van der Waals surface area contributed by atoms with Crippen LogP contribution in [0, 0.1) is 0 Å². The van der Waals surface area contributed by atoms with E-state index in [0.29, 0.717) is 5.82 Å². The Labute approximate surface area is 82.5 Å². The van der Waals surface area contributed by atoms with Gasteiger partial charge in [0.15, 0.2) is 5.82 Å². The normalized spacial score (nSPS) is 14.9. The van der Waals surface area contributed by atoms with E-state index in [2.05, 4.69) is 15.5 Å². The van der Waals surface area contributed by atoms with E-state index in [1.807, 2.05) is 14.0 Å². The summed E-state index contributed by atoms with van der Waals surface area (Å²) >= 11 is 0. The molecule has 0 saturated carbocycles. The Kier molecular flexibility index (Phi) is 3.19. The molecule has 0 aliphatic carbocycles. The molecule has 1 amide bonds. The van der Waals surface area contributed by atoms with Crippen LogP contribution in [0.4, 0.5) is 0 Å². The molecule has 0 spiro atoms. The van der Waals surface area contributed by atoms with Crippen LogP contribution in [0.2, 0.25) is 0 Å². The summed E-state index contributed by atoms with van der Waals surface area (Å²) in [5, 5.41) is 10.3. The lowest BCUT2D eigenvalue weighted by Crippen LogP contribution is -2.40. The summed E-state index contributed by atoms with van der Waals surface area (Å²) in [4.78, 5) is 11.3. The van der Waals surface area contributed by atoms with Crippen LogP contribution in [0.5, 0.6) is 0 Å². The first-order chi connectivity index (χ1) is 6.52. The van der Waals surface area contributed by atoms with E-state index in [9.17, 15) is 4.79 Å². The van der Waals surface area contributed by atoms with E-state index in [1.54, 1.807) is 17.8 Å². The van der Waals surface area contributed by atoms with Crippen LogP contribution in [0.25, 0.3) is 0 Å². The maximum absolute atomic E-state index is 11.3. The predicted octanol–water partition coefficient (Wildman–Crippen LogP) is -0.660. The zero-order chi connectivity index (χ0) is 10.7. The summed E-state index contributed by atoms with van der Waals surface area (Å²) in [7, 11) is 1.82. The first-order valence-electron chi connectivity index (χ1n) is 4.42. The molecule has 1 heterocycles. The molecule has 0 radical (unpaired) electrons. The molecule has 14 heavy (non-hydrogen) atoms. The van der Waals surface area contributed by atoms with Gasteiger partial charge in [-0.25, -0.2) is 0 Å². The number of carbonyl (C=O) groups excluding carboxylic acids is 1. The minimum atomic E-state index is -0.509. The molecule has 6 nitrogen and oxygen atoms in total. The van der Waals surface area contributed by atoms with Gasteiger partial charge in [0.2, 0.25) is 5.91 Å². The van der Waals surface area contributed by atoms with Gasteiger partial charge in [0.1, 0.15) is 6.33 Å². The van der Waals surface area contributed by atoms with Gasteiger partial charge in [-0.2, -0.15) is 0 Å². The maximum Gasteiger partial charge on any atom is 0.237 e. The Hall–Kier alpha value is -1.43. The van der Waals surface area contributed by atoms with Gasteiger partial charge in [-0.3, -0.25) is 4.79 Å². The number of aromatic nitrogens is 3. The van der Waals surface area contributed by atoms with Crippen molar-refractivity contribution in [2.24, 2.45) is 12.8 Å². The SMILES string of the molecule is CC(NC(=O)[C@@H](C)N)c1nncn1C. The van der Waals surface area contributed by atoms with Crippen molar-refractivity contribution in [2.45, 2.75) is 25.9 Å². The molecule has 0 fully saturated rings. The minimum absolute atomic E-state index is 0.180. The molecule has 6 heteroatoms. The smallest absolute Gasteiger partial charge is 0.237 e. The van der Waals surface area contributed by atoms with Crippen LogP contribution >= 0.6 is 0 Å². The molecule has 0 aliphatic heterocycles. The quantitative estimate of drug-likeness (QED) is 0.673. The minimum Gasteiger partial charge on any atom is -0.345 e. The lowest BCUT2D eigenvalue weighted by Gasteiger charge is -2.14. The second kappa shape index (κ2) is 4.19. The lowest BCUT2D eigenvalue weighted by molar-refractivity contribution is -0.122. The summed E-state index contributed by atoms with van der Waals surface area (Å²) < 4.78 is 1.76. The number of hydrogen-bond donors (Lipinski definition) is 2. The van der Waals surface area contributed by atoms with E-state index in [4.69, 9.17) is 5.73 Å². The Morgan fingerprint density at radius 2 is 2.29 bits per heavy atom. The number of amides is 1. The monoisotopic (exact) mass is 197 g/mol. The van der Waals surface area contributed by atoms with Gasteiger partial charge in [0.05, 0.1) is 12.1 Å². The van der Waals surface area contributed by atoms with Crippen molar-refractivity contribution in [3.05, 3.63) is 12.2 Å². The molecular formula is C8H15N5O. The second-order valence-corrected chi connectivity index (χ2v) is 3.32. The van der Waals surface area contributed by atoms with Gasteiger partial charge in [-0.1, -0.05) is 0 Å². The van der Waals surface area contributed by atoms with Crippen molar-refractivity contribution in [3.8, 4) is 0 Å². The molecule has 78 valence electrons. The van der Waals surface area contributed by atoms with E-state index in [-0.39, 0.29) is 11.9 Å². The van der Waals surface area contributed by atoms with Crippen molar-refractivity contribution in [2.75, 3.05) is 0 Å². The van der Waals surface area contributed by atoms with Crippen LogP contribution in [-0.4, -0.2) is 26.7 Å². The fourth-order valence-corrected chi connectivity index (χ4v) is 1.09. The highest BCUT2D eigenvalue weighted by Crippen LogP contribution is 2.06. The van der Waals surface area contributed by atoms with Gasteiger partial charge in [-0.05, 0) is 13.8 Å². The molecule has 0 aliphatic rings. The first-order valence-corrected chi connectivity index (χ1v) is 4.42. The van der Waals surface area contributed by atoms with Gasteiger partial charge in [-0.15, -0.1) is 10.2 Å². The van der Waals surface area contributed by atoms with Crippen molar-refractivity contribution in [1.29, 1.82) is 0 Å². The molecule has 1 aromatic heterocycles. The maximum atomic E-state index is 11.3. The Morgan fingerprint density at radius 1 is 1.64 bits per heavy atom. The van der Waals surface area contributed by atoms with Gasteiger partial charge in [0.25, 0.3) is 0 Å². The fourth-order valence-electron chi connectivity index (χ4n) is 1.09. The molecule has 0 aromatic carbocycles. The van der Waals surface area contributed by atoms with Crippen molar-refractivity contribution in [1.82, 2.24) is 20.1 Å². The van der Waals surface area contributed by atoms with Gasteiger partial charge in [0, 0.05) is 7.05 Å². The van der Waals surface area contributed by atoms with Crippen molar-refractivity contribution in [3.63, 3.8) is 0 Å². The van der Waals surface area contributed by atoms with E-state index in [1.165, 1.54) is 0 Å². The molecule has 0 bridgehead atoms. The second-order valence-electron chi connectivity index (χ2n) is 3.32.